The van der Waals surface area contributed by atoms with Gasteiger partial charge < -0.3 is 0 Å². The fourth-order valence-corrected chi connectivity index (χ4v) is 3.01. The highest BCUT2D eigenvalue weighted by Gasteiger charge is 2.23. The minimum atomic E-state index is 0.241. The Hall–Kier alpha value is -0.850. The van der Waals surface area contributed by atoms with Crippen LogP contribution in [0.4, 0.5) is 0 Å². The number of hydrogen-bond acceptors (Lipinski definition) is 1. The van der Waals surface area contributed by atoms with Crippen LogP contribution in [0, 0.1) is 0 Å². The van der Waals surface area contributed by atoms with Gasteiger partial charge in [0.1, 0.15) is 0 Å². The smallest absolute Gasteiger partial charge is 0.0305 e. The van der Waals surface area contributed by atoms with Crippen molar-refractivity contribution in [3.05, 3.63) is 29.6 Å². The fourth-order valence-electron chi connectivity index (χ4n) is 3.01. The molecule has 0 N–H and O–H groups in total. The van der Waals surface area contributed by atoms with Gasteiger partial charge in [0.2, 0.25) is 0 Å². The van der Waals surface area contributed by atoms with Crippen LogP contribution in [0.25, 0.3) is 0 Å². The van der Waals surface area contributed by atoms with E-state index in [2.05, 4.69) is 38.0 Å². The van der Waals surface area contributed by atoms with E-state index < -0.39 is 0 Å². The van der Waals surface area contributed by atoms with Crippen molar-refractivity contribution in [3.8, 4) is 0 Å². The summed E-state index contributed by atoms with van der Waals surface area (Å²) in [5.41, 5.74) is 3.26. The molecule has 17 heavy (non-hydrogen) atoms. The Labute approximate surface area is 106 Å². The van der Waals surface area contributed by atoms with Gasteiger partial charge >= 0.3 is 0 Å². The van der Waals surface area contributed by atoms with Gasteiger partial charge in [-0.2, -0.15) is 0 Å². The molecular formula is C16H25N. The van der Waals surface area contributed by atoms with E-state index >= 15 is 0 Å². The van der Waals surface area contributed by atoms with Crippen LogP contribution in [0.5, 0.6) is 0 Å². The molecule has 1 saturated carbocycles. The molecule has 1 heterocycles. The van der Waals surface area contributed by atoms with Gasteiger partial charge in [-0.25, -0.2) is 0 Å². The molecule has 1 nitrogen and oxygen atoms in total. The average molecular weight is 231 g/mol. The molecule has 94 valence electrons. The first-order valence-electron chi connectivity index (χ1n) is 7.03. The Kier molecular flexibility index (Phi) is 3.86. The highest BCUT2D eigenvalue weighted by atomic mass is 14.6. The van der Waals surface area contributed by atoms with Gasteiger partial charge in [-0.15, -0.1) is 0 Å². The molecular weight excluding hydrogens is 206 g/mol. The summed E-state index contributed by atoms with van der Waals surface area (Å²) >= 11 is 0. The molecule has 1 fully saturated rings. The van der Waals surface area contributed by atoms with Gasteiger partial charge in [0, 0.05) is 12.4 Å². The molecule has 1 aliphatic rings. The summed E-state index contributed by atoms with van der Waals surface area (Å²) in [4.78, 5) is 4.36. The van der Waals surface area contributed by atoms with Gasteiger partial charge in [-0.05, 0) is 41.4 Å². The molecule has 0 radical (unpaired) electrons. The summed E-state index contributed by atoms with van der Waals surface area (Å²) in [6.07, 6.45) is 12.4. The monoisotopic (exact) mass is 231 g/mol. The Morgan fingerprint density at radius 1 is 1.06 bits per heavy atom. The molecule has 1 heteroatoms. The Balaban J connectivity index is 2.30. The molecule has 0 aliphatic heterocycles. The maximum atomic E-state index is 4.36. The highest BCUT2D eigenvalue weighted by Crippen LogP contribution is 2.36. The predicted molar refractivity (Wildman–Crippen MR) is 73.4 cm³/mol. The van der Waals surface area contributed by atoms with Crippen LogP contribution in [0.2, 0.25) is 0 Å². The van der Waals surface area contributed by atoms with Crippen molar-refractivity contribution in [2.24, 2.45) is 0 Å². The van der Waals surface area contributed by atoms with Crippen molar-refractivity contribution < 1.29 is 0 Å². The lowest BCUT2D eigenvalue weighted by molar-refractivity contribution is 0.539. The minimum absolute atomic E-state index is 0.241. The second kappa shape index (κ2) is 5.20. The lowest BCUT2D eigenvalue weighted by Crippen LogP contribution is -2.16. The van der Waals surface area contributed by atoms with Crippen LogP contribution in [0.15, 0.2) is 18.5 Å². The second-order valence-corrected chi connectivity index (χ2v) is 6.40. The van der Waals surface area contributed by atoms with Crippen LogP contribution in [0.1, 0.15) is 76.3 Å². The van der Waals surface area contributed by atoms with Crippen LogP contribution in [-0.2, 0) is 5.41 Å². The molecule has 1 aromatic heterocycles. The van der Waals surface area contributed by atoms with E-state index in [0.717, 1.165) is 5.92 Å². The Morgan fingerprint density at radius 3 is 2.29 bits per heavy atom. The standard InChI is InChI=1S/C16H25N/c1-16(2,3)15-10-11-17-12-14(15)13-8-6-4-5-7-9-13/h10-13H,4-9H2,1-3H3. The van der Waals surface area contributed by atoms with E-state index in [1.54, 1.807) is 0 Å². The maximum Gasteiger partial charge on any atom is 0.0305 e. The normalized spacial score (nSPS) is 19.0. The van der Waals surface area contributed by atoms with Gasteiger partial charge in [0.25, 0.3) is 0 Å². The summed E-state index contributed by atoms with van der Waals surface area (Å²) in [6, 6.07) is 2.22. The van der Waals surface area contributed by atoms with Gasteiger partial charge in [0.05, 0.1) is 0 Å². The molecule has 0 aromatic carbocycles. The SMILES string of the molecule is CC(C)(C)c1ccncc1C1CCCCCC1. The zero-order valence-corrected chi connectivity index (χ0v) is 11.5. The molecule has 1 aromatic rings. The summed E-state index contributed by atoms with van der Waals surface area (Å²) in [6.45, 7) is 6.92. The van der Waals surface area contributed by atoms with Crippen LogP contribution in [-0.4, -0.2) is 4.98 Å². The van der Waals surface area contributed by atoms with Gasteiger partial charge in [-0.1, -0.05) is 46.5 Å². The van der Waals surface area contributed by atoms with Crippen LogP contribution < -0.4 is 0 Å². The lowest BCUT2D eigenvalue weighted by Gasteiger charge is -2.26. The van der Waals surface area contributed by atoms with Crippen molar-refractivity contribution in [1.82, 2.24) is 4.98 Å². The molecule has 0 spiro atoms. The maximum absolute atomic E-state index is 4.36. The van der Waals surface area contributed by atoms with Crippen molar-refractivity contribution >= 4 is 0 Å². The quantitative estimate of drug-likeness (QED) is 0.632. The van der Waals surface area contributed by atoms with Crippen LogP contribution >= 0.6 is 0 Å². The molecule has 0 atom stereocenters. The largest absolute Gasteiger partial charge is 0.264 e. The molecule has 0 unspecified atom stereocenters. The molecule has 0 saturated heterocycles. The van der Waals surface area contributed by atoms with E-state index in [1.807, 2.05) is 6.20 Å². The van der Waals surface area contributed by atoms with E-state index in [9.17, 15) is 0 Å². The number of aromatic nitrogens is 1. The van der Waals surface area contributed by atoms with E-state index in [-0.39, 0.29) is 5.41 Å². The zero-order valence-electron chi connectivity index (χ0n) is 11.5. The highest BCUT2D eigenvalue weighted by molar-refractivity contribution is 5.33. The van der Waals surface area contributed by atoms with E-state index in [0.29, 0.717) is 0 Å². The number of hydrogen-bond donors (Lipinski definition) is 0. The van der Waals surface area contributed by atoms with Crippen molar-refractivity contribution in [1.29, 1.82) is 0 Å². The number of rotatable bonds is 1. The van der Waals surface area contributed by atoms with E-state index in [1.165, 1.54) is 49.7 Å². The fraction of sp³-hybridized carbons (Fsp3) is 0.688. The van der Waals surface area contributed by atoms with Crippen LogP contribution in [0.3, 0.4) is 0 Å². The molecule has 2 rings (SSSR count). The van der Waals surface area contributed by atoms with Crippen molar-refractivity contribution in [2.45, 2.75) is 70.6 Å². The molecule has 0 bridgehead atoms. The first-order chi connectivity index (χ1) is 8.09. The van der Waals surface area contributed by atoms with Crippen molar-refractivity contribution in [2.75, 3.05) is 0 Å². The minimum Gasteiger partial charge on any atom is -0.264 e. The first-order valence-corrected chi connectivity index (χ1v) is 7.03. The predicted octanol–water partition coefficient (Wildman–Crippen LogP) is 4.82. The average Bonchev–Trinajstić information content (AvgIpc) is 2.56. The third-order valence-corrected chi connectivity index (χ3v) is 3.95. The van der Waals surface area contributed by atoms with E-state index in [4.69, 9.17) is 0 Å². The summed E-state index contributed by atoms with van der Waals surface area (Å²) in [7, 11) is 0. The van der Waals surface area contributed by atoms with Gasteiger partial charge in [-0.3, -0.25) is 4.98 Å². The number of nitrogens with zero attached hydrogens (tertiary/aromatic N) is 1. The summed E-state index contributed by atoms with van der Waals surface area (Å²) in [5, 5.41) is 0. The Morgan fingerprint density at radius 2 is 1.71 bits per heavy atom. The molecule has 0 amide bonds. The Bertz CT molecular complexity index is 354. The lowest BCUT2D eigenvalue weighted by atomic mass is 9.79. The first kappa shape index (κ1) is 12.6. The third kappa shape index (κ3) is 3.08. The topological polar surface area (TPSA) is 12.9 Å². The summed E-state index contributed by atoms with van der Waals surface area (Å²) < 4.78 is 0. The molecule has 1 aliphatic carbocycles. The third-order valence-electron chi connectivity index (χ3n) is 3.95. The zero-order chi connectivity index (χ0) is 12.3. The van der Waals surface area contributed by atoms with Gasteiger partial charge in [0.15, 0.2) is 0 Å². The number of pyridine rings is 1. The summed E-state index contributed by atoms with van der Waals surface area (Å²) in [5.74, 6) is 0.750. The van der Waals surface area contributed by atoms with Crippen molar-refractivity contribution in [3.63, 3.8) is 0 Å². The second-order valence-electron chi connectivity index (χ2n) is 6.40.